The molecule has 1 aliphatic carbocycles. The van der Waals surface area contributed by atoms with Gasteiger partial charge in [0.05, 0.1) is 6.10 Å². The molecule has 0 saturated heterocycles. The van der Waals surface area contributed by atoms with Crippen LogP contribution in [0.1, 0.15) is 34.4 Å². The molecule has 0 spiro atoms. The Labute approximate surface area is 113 Å². The number of halogens is 1. The standard InChI is InChI=1S/C14H13BrOS/c15-11-7-14(17-8-11)13(16)6-10-5-9-3-1-2-4-12(9)10/h1-4,7-8,10,13,16H,5-6H2. The summed E-state index contributed by atoms with van der Waals surface area (Å²) < 4.78 is 1.06. The number of hydrogen-bond acceptors (Lipinski definition) is 2. The van der Waals surface area contributed by atoms with Gasteiger partial charge in [-0.3, -0.25) is 0 Å². The van der Waals surface area contributed by atoms with Gasteiger partial charge >= 0.3 is 0 Å². The summed E-state index contributed by atoms with van der Waals surface area (Å²) >= 11 is 5.04. The first-order valence-electron chi connectivity index (χ1n) is 5.74. The number of hydrogen-bond donors (Lipinski definition) is 1. The number of benzene rings is 1. The third-order valence-electron chi connectivity index (χ3n) is 3.39. The van der Waals surface area contributed by atoms with E-state index in [1.165, 1.54) is 11.1 Å². The van der Waals surface area contributed by atoms with Gasteiger partial charge in [-0.1, -0.05) is 24.3 Å². The molecule has 1 aromatic heterocycles. The lowest BCUT2D eigenvalue weighted by atomic mass is 9.75. The fraction of sp³-hybridized carbons (Fsp3) is 0.286. The third kappa shape index (κ3) is 2.19. The average molecular weight is 309 g/mol. The topological polar surface area (TPSA) is 20.2 Å². The summed E-state index contributed by atoms with van der Waals surface area (Å²) in [4.78, 5) is 1.06. The molecule has 2 unspecified atom stereocenters. The molecule has 3 rings (SSSR count). The minimum Gasteiger partial charge on any atom is -0.388 e. The van der Waals surface area contributed by atoms with Crippen LogP contribution in [0.25, 0.3) is 0 Å². The van der Waals surface area contributed by atoms with Crippen LogP contribution in [0.15, 0.2) is 40.2 Å². The molecule has 0 amide bonds. The third-order valence-corrected chi connectivity index (χ3v) is 5.18. The summed E-state index contributed by atoms with van der Waals surface area (Å²) in [5.41, 5.74) is 2.86. The van der Waals surface area contributed by atoms with Gasteiger partial charge < -0.3 is 5.11 Å². The lowest BCUT2D eigenvalue weighted by molar-refractivity contribution is 0.157. The summed E-state index contributed by atoms with van der Waals surface area (Å²) in [6, 6.07) is 10.5. The highest BCUT2D eigenvalue weighted by atomic mass is 79.9. The molecule has 0 aliphatic heterocycles. The predicted molar refractivity (Wildman–Crippen MR) is 74.5 cm³/mol. The van der Waals surface area contributed by atoms with E-state index in [0.29, 0.717) is 5.92 Å². The number of rotatable bonds is 3. The highest BCUT2D eigenvalue weighted by Crippen LogP contribution is 2.41. The van der Waals surface area contributed by atoms with Crippen molar-refractivity contribution in [2.75, 3.05) is 0 Å². The lowest BCUT2D eigenvalue weighted by Gasteiger charge is -2.31. The van der Waals surface area contributed by atoms with E-state index in [0.717, 1.165) is 22.2 Å². The molecule has 88 valence electrons. The molecular weight excluding hydrogens is 296 g/mol. The van der Waals surface area contributed by atoms with E-state index in [1.807, 2.05) is 11.4 Å². The van der Waals surface area contributed by atoms with Crippen LogP contribution in [-0.4, -0.2) is 5.11 Å². The highest BCUT2D eigenvalue weighted by Gasteiger charge is 2.28. The molecule has 1 aliphatic rings. The molecule has 1 N–H and O–H groups in total. The van der Waals surface area contributed by atoms with Crippen LogP contribution in [0.4, 0.5) is 0 Å². The lowest BCUT2D eigenvalue weighted by Crippen LogP contribution is -2.19. The van der Waals surface area contributed by atoms with Gasteiger partial charge in [0.2, 0.25) is 0 Å². The smallest absolute Gasteiger partial charge is 0.0888 e. The molecule has 1 nitrogen and oxygen atoms in total. The van der Waals surface area contributed by atoms with E-state index in [9.17, 15) is 5.11 Å². The van der Waals surface area contributed by atoms with Gasteiger partial charge in [0.1, 0.15) is 0 Å². The molecule has 3 heteroatoms. The molecule has 1 aromatic carbocycles. The van der Waals surface area contributed by atoms with E-state index in [-0.39, 0.29) is 6.10 Å². The first kappa shape index (κ1) is 11.5. The van der Waals surface area contributed by atoms with Crippen molar-refractivity contribution in [3.63, 3.8) is 0 Å². The van der Waals surface area contributed by atoms with Crippen LogP contribution in [0.3, 0.4) is 0 Å². The van der Waals surface area contributed by atoms with Crippen LogP contribution < -0.4 is 0 Å². The van der Waals surface area contributed by atoms with E-state index in [1.54, 1.807) is 11.3 Å². The Bertz CT molecular complexity index is 535. The highest BCUT2D eigenvalue weighted by molar-refractivity contribution is 9.10. The van der Waals surface area contributed by atoms with Gasteiger partial charge in [-0.25, -0.2) is 0 Å². The van der Waals surface area contributed by atoms with Gasteiger partial charge in [0.25, 0.3) is 0 Å². The van der Waals surface area contributed by atoms with Crippen molar-refractivity contribution in [3.8, 4) is 0 Å². The fourth-order valence-electron chi connectivity index (χ4n) is 2.46. The van der Waals surface area contributed by atoms with Crippen molar-refractivity contribution in [1.29, 1.82) is 0 Å². The molecule has 0 radical (unpaired) electrons. The maximum Gasteiger partial charge on any atom is 0.0888 e. The number of aliphatic hydroxyl groups is 1. The monoisotopic (exact) mass is 308 g/mol. The Balaban J connectivity index is 1.70. The van der Waals surface area contributed by atoms with Gasteiger partial charge in [0, 0.05) is 14.7 Å². The maximum atomic E-state index is 10.2. The van der Waals surface area contributed by atoms with Crippen molar-refractivity contribution in [3.05, 3.63) is 56.2 Å². The summed E-state index contributed by atoms with van der Waals surface area (Å²) in [5.74, 6) is 0.530. The van der Waals surface area contributed by atoms with Crippen molar-refractivity contribution in [2.24, 2.45) is 0 Å². The van der Waals surface area contributed by atoms with Crippen LogP contribution >= 0.6 is 27.3 Å². The quantitative estimate of drug-likeness (QED) is 0.897. The first-order chi connectivity index (χ1) is 8.24. The number of thiophene rings is 1. The van der Waals surface area contributed by atoms with Crippen molar-refractivity contribution in [2.45, 2.75) is 24.9 Å². The second kappa shape index (κ2) is 4.56. The first-order valence-corrected chi connectivity index (χ1v) is 7.41. The summed E-state index contributed by atoms with van der Waals surface area (Å²) in [7, 11) is 0. The molecule has 2 atom stereocenters. The molecule has 1 heterocycles. The zero-order valence-corrected chi connectivity index (χ0v) is 11.7. The largest absolute Gasteiger partial charge is 0.388 e. The summed E-state index contributed by atoms with van der Waals surface area (Å²) in [6.07, 6.45) is 1.62. The number of fused-ring (bicyclic) bond motifs is 1. The van der Waals surface area contributed by atoms with Crippen molar-refractivity contribution in [1.82, 2.24) is 0 Å². The molecule has 2 aromatic rings. The minimum absolute atomic E-state index is 0.329. The molecule has 0 bridgehead atoms. The van der Waals surface area contributed by atoms with Gasteiger partial charge in [-0.05, 0) is 51.9 Å². The minimum atomic E-state index is -0.329. The second-order valence-electron chi connectivity index (χ2n) is 4.52. The zero-order chi connectivity index (χ0) is 11.8. The van der Waals surface area contributed by atoms with Crippen molar-refractivity contribution < 1.29 is 5.11 Å². The average Bonchev–Trinajstić information content (AvgIpc) is 2.73. The Kier molecular flexibility index (Phi) is 3.07. The van der Waals surface area contributed by atoms with Crippen molar-refractivity contribution >= 4 is 27.3 Å². The van der Waals surface area contributed by atoms with Crippen LogP contribution in [-0.2, 0) is 6.42 Å². The normalized spacial score (nSPS) is 19.5. The van der Waals surface area contributed by atoms with Gasteiger partial charge in [0.15, 0.2) is 0 Å². The molecule has 0 saturated carbocycles. The van der Waals surface area contributed by atoms with E-state index in [2.05, 4.69) is 40.2 Å². The predicted octanol–water partition coefficient (Wildman–Crippen LogP) is 4.27. The van der Waals surface area contributed by atoms with E-state index >= 15 is 0 Å². The van der Waals surface area contributed by atoms with Crippen LogP contribution in [0, 0.1) is 0 Å². The van der Waals surface area contributed by atoms with E-state index < -0.39 is 0 Å². The van der Waals surface area contributed by atoms with Gasteiger partial charge in [-0.2, -0.15) is 0 Å². The second-order valence-corrected chi connectivity index (χ2v) is 6.38. The number of aliphatic hydroxyl groups excluding tert-OH is 1. The summed E-state index contributed by atoms with van der Waals surface area (Å²) in [5, 5.41) is 12.2. The molecule has 0 fully saturated rings. The Morgan fingerprint density at radius 3 is 2.94 bits per heavy atom. The molecule has 17 heavy (non-hydrogen) atoms. The van der Waals surface area contributed by atoms with Crippen LogP contribution in [0.5, 0.6) is 0 Å². The SMILES string of the molecule is OC(CC1Cc2ccccc21)c1cc(Br)cs1. The zero-order valence-electron chi connectivity index (χ0n) is 9.27. The Morgan fingerprint density at radius 1 is 1.41 bits per heavy atom. The Morgan fingerprint density at radius 2 is 2.24 bits per heavy atom. The maximum absolute atomic E-state index is 10.2. The summed E-state index contributed by atoms with van der Waals surface area (Å²) in [6.45, 7) is 0. The van der Waals surface area contributed by atoms with E-state index in [4.69, 9.17) is 0 Å². The van der Waals surface area contributed by atoms with Crippen LogP contribution in [0.2, 0.25) is 0 Å². The fourth-order valence-corrected chi connectivity index (χ4v) is 3.91. The molecular formula is C14H13BrOS. The van der Waals surface area contributed by atoms with Gasteiger partial charge in [-0.15, -0.1) is 11.3 Å². The Hall–Kier alpha value is -0.640.